The molecule has 68 valence electrons. The molecule has 0 radical (unpaired) electrons. The summed E-state index contributed by atoms with van der Waals surface area (Å²) in [4.78, 5) is 0. The van der Waals surface area contributed by atoms with Gasteiger partial charge in [0.2, 0.25) is 0 Å². The summed E-state index contributed by atoms with van der Waals surface area (Å²) in [6, 6.07) is 0. The number of epoxide rings is 1. The van der Waals surface area contributed by atoms with Crippen LogP contribution in [0.25, 0.3) is 0 Å². The summed E-state index contributed by atoms with van der Waals surface area (Å²) in [6.07, 6.45) is 11.7. The summed E-state index contributed by atoms with van der Waals surface area (Å²) in [5.74, 6) is 1.59. The first-order valence-corrected chi connectivity index (χ1v) is 5.49. The molecule has 0 spiro atoms. The van der Waals surface area contributed by atoms with Crippen LogP contribution in [0.2, 0.25) is 0 Å². The maximum absolute atomic E-state index is 5.60. The lowest BCUT2D eigenvalue weighted by Gasteiger charge is -2.22. The third kappa shape index (κ3) is 0.812. The van der Waals surface area contributed by atoms with Gasteiger partial charge >= 0.3 is 0 Å². The van der Waals surface area contributed by atoms with Gasteiger partial charge in [-0.15, -0.1) is 0 Å². The average Bonchev–Trinajstić information content (AvgIpc) is 2.62. The Hall–Kier alpha value is -0.560. The fourth-order valence-electron chi connectivity index (χ4n) is 3.41. The first-order valence-electron chi connectivity index (χ1n) is 5.49. The normalized spacial score (nSPS) is 50.5. The quantitative estimate of drug-likeness (QED) is 0.514. The average molecular weight is 174 g/mol. The molecule has 1 nitrogen and oxygen atoms in total. The van der Waals surface area contributed by atoms with E-state index in [1.807, 2.05) is 0 Å². The molecule has 4 unspecified atom stereocenters. The van der Waals surface area contributed by atoms with E-state index in [-0.39, 0.29) is 0 Å². The molecular formula is C12H14O. The molecule has 2 saturated carbocycles. The highest BCUT2D eigenvalue weighted by molar-refractivity contribution is 5.41. The zero-order valence-corrected chi connectivity index (χ0v) is 7.70. The van der Waals surface area contributed by atoms with Gasteiger partial charge in [-0.05, 0) is 42.7 Å². The Balaban J connectivity index is 1.77. The van der Waals surface area contributed by atoms with Crippen molar-refractivity contribution in [3.05, 3.63) is 23.3 Å². The summed E-state index contributed by atoms with van der Waals surface area (Å²) in [5.41, 5.74) is 3.32. The lowest BCUT2D eigenvalue weighted by atomic mass is 9.85. The minimum atomic E-state index is 0.607. The SMILES string of the molecule is C1=C2CCCC2=CC2C1CC1OC12. The van der Waals surface area contributed by atoms with Crippen molar-refractivity contribution in [3.8, 4) is 0 Å². The molecule has 4 atom stereocenters. The van der Waals surface area contributed by atoms with Crippen LogP contribution >= 0.6 is 0 Å². The van der Waals surface area contributed by atoms with Gasteiger partial charge in [-0.3, -0.25) is 0 Å². The molecule has 3 fully saturated rings. The molecule has 0 N–H and O–H groups in total. The first kappa shape index (κ1) is 6.83. The number of hydrogen-bond acceptors (Lipinski definition) is 1. The van der Waals surface area contributed by atoms with Crippen LogP contribution in [0.3, 0.4) is 0 Å². The largest absolute Gasteiger partial charge is 0.369 e. The summed E-state index contributed by atoms with van der Waals surface area (Å²) >= 11 is 0. The lowest BCUT2D eigenvalue weighted by molar-refractivity contribution is 0.254. The van der Waals surface area contributed by atoms with Crippen molar-refractivity contribution in [2.24, 2.45) is 11.8 Å². The third-order valence-electron chi connectivity index (χ3n) is 4.11. The Labute approximate surface area is 78.5 Å². The summed E-state index contributed by atoms with van der Waals surface area (Å²) < 4.78 is 5.60. The number of fused-ring (bicyclic) bond motifs is 4. The van der Waals surface area contributed by atoms with Gasteiger partial charge in [-0.25, -0.2) is 0 Å². The van der Waals surface area contributed by atoms with E-state index in [4.69, 9.17) is 4.74 Å². The molecule has 0 aromatic rings. The van der Waals surface area contributed by atoms with Gasteiger partial charge in [0, 0.05) is 5.92 Å². The van der Waals surface area contributed by atoms with Gasteiger partial charge in [0.05, 0.1) is 12.2 Å². The molecular weight excluding hydrogens is 160 g/mol. The topological polar surface area (TPSA) is 12.5 Å². The van der Waals surface area contributed by atoms with Gasteiger partial charge in [-0.2, -0.15) is 0 Å². The smallest absolute Gasteiger partial charge is 0.0910 e. The van der Waals surface area contributed by atoms with E-state index in [0.717, 1.165) is 11.8 Å². The van der Waals surface area contributed by atoms with Crippen molar-refractivity contribution in [3.63, 3.8) is 0 Å². The van der Waals surface area contributed by atoms with Gasteiger partial charge < -0.3 is 4.74 Å². The predicted molar refractivity (Wildman–Crippen MR) is 50.3 cm³/mol. The van der Waals surface area contributed by atoms with E-state index < -0.39 is 0 Å². The first-order chi connectivity index (χ1) is 6.42. The maximum atomic E-state index is 5.60. The summed E-state index contributed by atoms with van der Waals surface area (Å²) in [6.45, 7) is 0. The molecule has 1 heterocycles. The van der Waals surface area contributed by atoms with Crippen molar-refractivity contribution in [2.45, 2.75) is 37.9 Å². The second kappa shape index (κ2) is 2.09. The molecule has 0 aromatic carbocycles. The standard InChI is InChI=1S/C12H14O/c1-2-7-4-9-6-11-12(13-11)10(9)5-8(7)3-1/h4-5,9-12H,1-3,6H2. The van der Waals surface area contributed by atoms with Gasteiger partial charge in [0.15, 0.2) is 0 Å². The monoisotopic (exact) mass is 174 g/mol. The molecule has 1 saturated heterocycles. The van der Waals surface area contributed by atoms with Gasteiger partial charge in [-0.1, -0.05) is 12.2 Å². The molecule has 0 bridgehead atoms. The molecule has 4 rings (SSSR count). The highest BCUT2D eigenvalue weighted by Gasteiger charge is 2.54. The number of rotatable bonds is 0. The van der Waals surface area contributed by atoms with E-state index in [1.165, 1.54) is 25.7 Å². The molecule has 1 aliphatic heterocycles. The minimum absolute atomic E-state index is 0.607. The molecule has 1 heteroatoms. The Morgan fingerprint density at radius 3 is 2.92 bits per heavy atom. The van der Waals surface area contributed by atoms with Crippen LogP contribution in [-0.4, -0.2) is 12.2 Å². The molecule has 4 aliphatic rings. The molecule has 3 aliphatic carbocycles. The van der Waals surface area contributed by atoms with Crippen LogP contribution in [0.5, 0.6) is 0 Å². The second-order valence-electron chi connectivity index (χ2n) is 4.85. The van der Waals surface area contributed by atoms with E-state index in [2.05, 4.69) is 12.2 Å². The Morgan fingerprint density at radius 1 is 1.15 bits per heavy atom. The Morgan fingerprint density at radius 2 is 2.00 bits per heavy atom. The number of hydrogen-bond donors (Lipinski definition) is 0. The molecule has 0 amide bonds. The van der Waals surface area contributed by atoms with Gasteiger partial charge in [0.25, 0.3) is 0 Å². The van der Waals surface area contributed by atoms with Crippen molar-refractivity contribution in [2.75, 3.05) is 0 Å². The number of allylic oxidation sites excluding steroid dienone is 3. The lowest BCUT2D eigenvalue weighted by Crippen LogP contribution is -2.15. The summed E-state index contributed by atoms with van der Waals surface area (Å²) in [5, 5.41) is 0. The second-order valence-corrected chi connectivity index (χ2v) is 4.85. The van der Waals surface area contributed by atoms with Crippen LogP contribution in [0.1, 0.15) is 25.7 Å². The highest BCUT2D eigenvalue weighted by Crippen LogP contribution is 2.52. The van der Waals surface area contributed by atoms with E-state index in [9.17, 15) is 0 Å². The zero-order valence-electron chi connectivity index (χ0n) is 7.70. The van der Waals surface area contributed by atoms with E-state index in [0.29, 0.717) is 12.2 Å². The maximum Gasteiger partial charge on any atom is 0.0910 e. The van der Waals surface area contributed by atoms with Crippen molar-refractivity contribution < 1.29 is 4.74 Å². The zero-order chi connectivity index (χ0) is 8.41. The Kier molecular flexibility index (Phi) is 1.10. The van der Waals surface area contributed by atoms with Crippen LogP contribution in [0.15, 0.2) is 23.3 Å². The van der Waals surface area contributed by atoms with E-state index in [1.54, 1.807) is 11.1 Å². The van der Waals surface area contributed by atoms with Crippen LogP contribution in [0.4, 0.5) is 0 Å². The van der Waals surface area contributed by atoms with Gasteiger partial charge in [0.1, 0.15) is 0 Å². The van der Waals surface area contributed by atoms with Crippen molar-refractivity contribution >= 4 is 0 Å². The van der Waals surface area contributed by atoms with Crippen LogP contribution < -0.4 is 0 Å². The third-order valence-corrected chi connectivity index (χ3v) is 4.11. The molecule has 0 aromatic heterocycles. The predicted octanol–water partition coefficient (Wildman–Crippen LogP) is 2.44. The fraction of sp³-hybridized carbons (Fsp3) is 0.667. The summed E-state index contributed by atoms with van der Waals surface area (Å²) in [7, 11) is 0. The minimum Gasteiger partial charge on any atom is -0.369 e. The molecule has 13 heavy (non-hydrogen) atoms. The van der Waals surface area contributed by atoms with Crippen LogP contribution in [-0.2, 0) is 4.74 Å². The fourth-order valence-corrected chi connectivity index (χ4v) is 3.41. The van der Waals surface area contributed by atoms with Crippen molar-refractivity contribution in [1.29, 1.82) is 0 Å². The number of ether oxygens (including phenoxy) is 1. The van der Waals surface area contributed by atoms with Crippen molar-refractivity contribution in [1.82, 2.24) is 0 Å². The van der Waals surface area contributed by atoms with Crippen LogP contribution in [0, 0.1) is 11.8 Å². The van der Waals surface area contributed by atoms with E-state index >= 15 is 0 Å². The highest BCUT2D eigenvalue weighted by atomic mass is 16.6. The Bertz CT molecular complexity index is 326.